The van der Waals surface area contributed by atoms with Crippen LogP contribution in [-0.4, -0.2) is 23.9 Å². The number of benzene rings is 1. The van der Waals surface area contributed by atoms with Gasteiger partial charge in [0.2, 0.25) is 0 Å². The molecule has 0 aliphatic carbocycles. The molecule has 0 aliphatic rings. The van der Waals surface area contributed by atoms with Crippen LogP contribution in [0.25, 0.3) is 0 Å². The summed E-state index contributed by atoms with van der Waals surface area (Å²) >= 11 is 0. The van der Waals surface area contributed by atoms with Crippen LogP contribution in [0.5, 0.6) is 11.5 Å². The van der Waals surface area contributed by atoms with E-state index in [1.165, 1.54) is 7.11 Å². The Labute approximate surface area is 127 Å². The van der Waals surface area contributed by atoms with Crippen LogP contribution in [0, 0.1) is 23.7 Å². The van der Waals surface area contributed by atoms with E-state index in [4.69, 9.17) is 9.84 Å². The summed E-state index contributed by atoms with van der Waals surface area (Å²) in [4.78, 5) is 0. The standard InChI is InChI=1S/C18H22O3/c1-21-18-13-12-16(15-17(18)20)11-9-7-5-3-2-4-6-8-10-14-19/h12-13,15,19-20H,2-7,14H2,1H3. The SMILES string of the molecule is COc1ccc(C#CCCCCCCC#CCO)cc1O. The monoisotopic (exact) mass is 286 g/mol. The quantitative estimate of drug-likeness (QED) is 0.624. The van der Waals surface area contributed by atoms with E-state index in [2.05, 4.69) is 23.7 Å². The third-order valence-electron chi connectivity index (χ3n) is 2.97. The Balaban J connectivity index is 2.20. The van der Waals surface area contributed by atoms with Crippen molar-refractivity contribution in [2.45, 2.75) is 38.5 Å². The molecule has 1 aromatic rings. The molecule has 1 aromatic carbocycles. The topological polar surface area (TPSA) is 49.7 Å². The minimum Gasteiger partial charge on any atom is -0.504 e. The number of phenolic OH excluding ortho intramolecular Hbond substituents is 1. The summed E-state index contributed by atoms with van der Waals surface area (Å²) in [6, 6.07) is 5.17. The molecule has 3 heteroatoms. The molecule has 0 saturated carbocycles. The van der Waals surface area contributed by atoms with Crippen molar-refractivity contribution in [3.63, 3.8) is 0 Å². The second-order valence-electron chi connectivity index (χ2n) is 4.61. The van der Waals surface area contributed by atoms with Gasteiger partial charge in [0.1, 0.15) is 6.61 Å². The highest BCUT2D eigenvalue weighted by Gasteiger charge is 1.99. The lowest BCUT2D eigenvalue weighted by Crippen LogP contribution is -1.84. The van der Waals surface area contributed by atoms with E-state index in [1.807, 2.05) is 6.07 Å². The molecule has 0 fully saturated rings. The lowest BCUT2D eigenvalue weighted by Gasteiger charge is -2.02. The molecule has 0 heterocycles. The van der Waals surface area contributed by atoms with Crippen LogP contribution >= 0.6 is 0 Å². The molecule has 1 rings (SSSR count). The van der Waals surface area contributed by atoms with E-state index in [9.17, 15) is 5.11 Å². The van der Waals surface area contributed by atoms with Crippen LogP contribution in [0.15, 0.2) is 18.2 Å². The van der Waals surface area contributed by atoms with Gasteiger partial charge >= 0.3 is 0 Å². The van der Waals surface area contributed by atoms with Crippen LogP contribution in [-0.2, 0) is 0 Å². The van der Waals surface area contributed by atoms with E-state index < -0.39 is 0 Å². The number of aliphatic hydroxyl groups excluding tert-OH is 1. The zero-order chi connectivity index (χ0) is 15.3. The maximum absolute atomic E-state index is 9.63. The number of unbranched alkanes of at least 4 members (excludes halogenated alkanes) is 5. The fourth-order valence-electron chi connectivity index (χ4n) is 1.86. The number of hydrogen-bond acceptors (Lipinski definition) is 3. The van der Waals surface area contributed by atoms with Crippen LogP contribution in [0.1, 0.15) is 44.1 Å². The van der Waals surface area contributed by atoms with E-state index in [1.54, 1.807) is 12.1 Å². The first kappa shape index (κ1) is 17.0. The van der Waals surface area contributed by atoms with Gasteiger partial charge in [-0.15, -0.1) is 5.92 Å². The predicted octanol–water partition coefficient (Wildman–Crippen LogP) is 3.09. The number of rotatable bonds is 6. The lowest BCUT2D eigenvalue weighted by molar-refractivity contribution is 0.350. The molecule has 0 unspecified atom stereocenters. The number of aromatic hydroxyl groups is 1. The Kier molecular flexibility index (Phi) is 8.61. The van der Waals surface area contributed by atoms with Gasteiger partial charge in [-0.3, -0.25) is 0 Å². The highest BCUT2D eigenvalue weighted by molar-refractivity contribution is 5.47. The summed E-state index contributed by atoms with van der Waals surface area (Å²) in [5, 5.41) is 18.1. The molecular weight excluding hydrogens is 264 g/mol. The molecule has 3 nitrogen and oxygen atoms in total. The zero-order valence-corrected chi connectivity index (χ0v) is 12.5. The summed E-state index contributed by atoms with van der Waals surface area (Å²) in [7, 11) is 1.52. The highest BCUT2D eigenvalue weighted by Crippen LogP contribution is 2.25. The Bertz CT molecular complexity index is 541. The van der Waals surface area contributed by atoms with Gasteiger partial charge in [-0.05, 0) is 31.0 Å². The van der Waals surface area contributed by atoms with Crippen molar-refractivity contribution >= 4 is 0 Å². The maximum Gasteiger partial charge on any atom is 0.160 e. The molecule has 0 amide bonds. The minimum absolute atomic E-state index is 0.0451. The molecule has 2 N–H and O–H groups in total. The summed E-state index contributed by atoms with van der Waals surface area (Å²) in [5.74, 6) is 12.3. The van der Waals surface area contributed by atoms with Crippen molar-refractivity contribution in [3.05, 3.63) is 23.8 Å². The summed E-state index contributed by atoms with van der Waals surface area (Å²) < 4.78 is 4.98. The Morgan fingerprint density at radius 2 is 1.71 bits per heavy atom. The van der Waals surface area contributed by atoms with E-state index >= 15 is 0 Å². The third-order valence-corrected chi connectivity index (χ3v) is 2.97. The van der Waals surface area contributed by atoms with Gasteiger partial charge in [0.05, 0.1) is 7.11 Å². The van der Waals surface area contributed by atoms with Gasteiger partial charge in [0.25, 0.3) is 0 Å². The fourth-order valence-corrected chi connectivity index (χ4v) is 1.86. The second kappa shape index (κ2) is 10.7. The Hall–Kier alpha value is -2.10. The fraction of sp³-hybridized carbons (Fsp3) is 0.444. The summed E-state index contributed by atoms with van der Waals surface area (Å²) in [6.45, 7) is -0.0451. The minimum atomic E-state index is -0.0451. The normalized spacial score (nSPS) is 9.24. The van der Waals surface area contributed by atoms with Gasteiger partial charge in [0, 0.05) is 18.4 Å². The zero-order valence-electron chi connectivity index (χ0n) is 12.5. The summed E-state index contributed by atoms with van der Waals surface area (Å²) in [6.07, 6.45) is 6.15. The predicted molar refractivity (Wildman–Crippen MR) is 84.1 cm³/mol. The van der Waals surface area contributed by atoms with Crippen molar-refractivity contribution in [3.8, 4) is 35.2 Å². The number of hydrogen-bond donors (Lipinski definition) is 2. The smallest absolute Gasteiger partial charge is 0.160 e. The van der Waals surface area contributed by atoms with Gasteiger partial charge < -0.3 is 14.9 Å². The van der Waals surface area contributed by atoms with Crippen LogP contribution in [0.4, 0.5) is 0 Å². The lowest BCUT2D eigenvalue weighted by atomic mass is 10.1. The van der Waals surface area contributed by atoms with Gasteiger partial charge in [-0.1, -0.05) is 30.6 Å². The number of methoxy groups -OCH3 is 1. The van der Waals surface area contributed by atoms with Crippen molar-refractivity contribution in [2.75, 3.05) is 13.7 Å². The molecule has 0 spiro atoms. The number of ether oxygens (including phenoxy) is 1. The molecule has 112 valence electrons. The van der Waals surface area contributed by atoms with Crippen molar-refractivity contribution < 1.29 is 14.9 Å². The highest BCUT2D eigenvalue weighted by atomic mass is 16.5. The first-order chi connectivity index (χ1) is 10.3. The molecule has 21 heavy (non-hydrogen) atoms. The molecular formula is C18H22O3. The van der Waals surface area contributed by atoms with Gasteiger partial charge in [-0.25, -0.2) is 0 Å². The molecule has 0 radical (unpaired) electrons. The van der Waals surface area contributed by atoms with E-state index in [-0.39, 0.29) is 12.4 Å². The number of phenols is 1. The summed E-state index contributed by atoms with van der Waals surface area (Å²) in [5.41, 5.74) is 0.799. The van der Waals surface area contributed by atoms with E-state index in [0.29, 0.717) is 5.75 Å². The Morgan fingerprint density at radius 1 is 1.00 bits per heavy atom. The molecule has 0 aliphatic heterocycles. The molecule has 0 atom stereocenters. The van der Waals surface area contributed by atoms with Crippen molar-refractivity contribution in [1.29, 1.82) is 0 Å². The van der Waals surface area contributed by atoms with Crippen LogP contribution in [0.3, 0.4) is 0 Å². The van der Waals surface area contributed by atoms with Gasteiger partial charge in [0.15, 0.2) is 11.5 Å². The molecule has 0 bridgehead atoms. The van der Waals surface area contributed by atoms with E-state index in [0.717, 1.165) is 44.1 Å². The molecule has 0 aromatic heterocycles. The van der Waals surface area contributed by atoms with Gasteiger partial charge in [-0.2, -0.15) is 0 Å². The first-order valence-corrected chi connectivity index (χ1v) is 7.20. The van der Waals surface area contributed by atoms with Crippen molar-refractivity contribution in [1.82, 2.24) is 0 Å². The number of aliphatic hydroxyl groups is 1. The van der Waals surface area contributed by atoms with Crippen molar-refractivity contribution in [2.24, 2.45) is 0 Å². The average Bonchev–Trinajstić information content (AvgIpc) is 2.49. The average molecular weight is 286 g/mol. The third kappa shape index (κ3) is 7.30. The van der Waals surface area contributed by atoms with Crippen LogP contribution in [0.2, 0.25) is 0 Å². The van der Waals surface area contributed by atoms with Crippen LogP contribution < -0.4 is 4.74 Å². The Morgan fingerprint density at radius 3 is 2.33 bits per heavy atom. The molecule has 0 saturated heterocycles. The first-order valence-electron chi connectivity index (χ1n) is 7.20. The maximum atomic E-state index is 9.63. The largest absolute Gasteiger partial charge is 0.504 e. The second-order valence-corrected chi connectivity index (χ2v) is 4.61.